The second-order valence-corrected chi connectivity index (χ2v) is 4.40. The number of hydrogen-bond donors (Lipinski definition) is 1. The molecule has 2 heterocycles. The number of nitrogens with one attached hydrogen (secondary N) is 1. The van der Waals surface area contributed by atoms with Crippen molar-refractivity contribution in [1.29, 1.82) is 0 Å². The van der Waals surface area contributed by atoms with Crippen LogP contribution < -0.4 is 10.2 Å². The third-order valence-electron chi connectivity index (χ3n) is 3.07. The number of amides is 1. The Bertz CT molecular complexity index is 608. The summed E-state index contributed by atoms with van der Waals surface area (Å²) in [6, 6.07) is 7.83. The Balaban J connectivity index is 1.98. The maximum absolute atomic E-state index is 12.4. The topological polar surface area (TPSA) is 71.3 Å². The number of aryl methyl sites for hydroxylation is 1. The van der Waals surface area contributed by atoms with Crippen molar-refractivity contribution in [3.8, 4) is 0 Å². The summed E-state index contributed by atoms with van der Waals surface area (Å²) >= 11 is 0. The maximum Gasteiger partial charge on any atom is 0.299 e. The molecule has 3 rings (SSSR count). The van der Waals surface area contributed by atoms with Gasteiger partial charge in [-0.15, -0.1) is 0 Å². The number of aromatic nitrogens is 2. The minimum absolute atomic E-state index is 0.106. The Morgan fingerprint density at radius 2 is 2.26 bits per heavy atom. The van der Waals surface area contributed by atoms with Crippen molar-refractivity contribution in [3.63, 3.8) is 0 Å². The van der Waals surface area contributed by atoms with Crippen LogP contribution in [-0.4, -0.2) is 29.1 Å². The maximum atomic E-state index is 12.4. The second kappa shape index (κ2) is 4.81. The van der Waals surface area contributed by atoms with Gasteiger partial charge in [-0.3, -0.25) is 4.79 Å². The lowest BCUT2D eigenvalue weighted by Gasteiger charge is -2.20. The molecule has 2 aromatic rings. The molecule has 0 radical (unpaired) electrons. The van der Waals surface area contributed by atoms with E-state index >= 15 is 0 Å². The summed E-state index contributed by atoms with van der Waals surface area (Å²) in [4.78, 5) is 18.1. The van der Waals surface area contributed by atoms with Crippen LogP contribution >= 0.6 is 0 Å². The molecule has 1 amide bonds. The number of fused-ring (bicyclic) bond motifs is 1. The summed E-state index contributed by atoms with van der Waals surface area (Å²) in [5, 5.41) is 6.98. The molecule has 19 heavy (non-hydrogen) atoms. The molecule has 0 unspecified atom stereocenters. The van der Waals surface area contributed by atoms with Crippen molar-refractivity contribution in [2.75, 3.05) is 18.0 Å². The number of benzene rings is 1. The molecular formula is C13H14N4O2. The van der Waals surface area contributed by atoms with Gasteiger partial charge in [-0.05, 0) is 11.6 Å². The first-order valence-corrected chi connectivity index (χ1v) is 6.16. The molecule has 0 aliphatic carbocycles. The highest BCUT2D eigenvalue weighted by atomic mass is 16.5. The first-order chi connectivity index (χ1) is 9.25. The van der Waals surface area contributed by atoms with Gasteiger partial charge in [0.2, 0.25) is 5.89 Å². The monoisotopic (exact) mass is 258 g/mol. The second-order valence-electron chi connectivity index (χ2n) is 4.40. The van der Waals surface area contributed by atoms with Crippen LogP contribution in [0.5, 0.6) is 0 Å². The van der Waals surface area contributed by atoms with Crippen LogP contribution in [0.4, 0.5) is 5.69 Å². The quantitative estimate of drug-likeness (QED) is 0.830. The highest BCUT2D eigenvalue weighted by Gasteiger charge is 2.25. The van der Waals surface area contributed by atoms with Gasteiger partial charge in [0, 0.05) is 32.2 Å². The van der Waals surface area contributed by atoms with Gasteiger partial charge in [0.1, 0.15) is 0 Å². The Labute approximate surface area is 110 Å². The van der Waals surface area contributed by atoms with Gasteiger partial charge in [0.25, 0.3) is 11.7 Å². The van der Waals surface area contributed by atoms with E-state index in [1.165, 1.54) is 0 Å². The fraction of sp³-hybridized carbons (Fsp3) is 0.308. The van der Waals surface area contributed by atoms with Crippen LogP contribution in [0.2, 0.25) is 0 Å². The van der Waals surface area contributed by atoms with E-state index in [0.717, 1.165) is 24.3 Å². The Hall–Kier alpha value is -2.21. The first-order valence-electron chi connectivity index (χ1n) is 6.16. The Morgan fingerprint density at radius 3 is 3.05 bits per heavy atom. The summed E-state index contributed by atoms with van der Waals surface area (Å²) in [6.45, 7) is 3.74. The Kier molecular flexibility index (Phi) is 3.00. The normalized spacial score (nSPS) is 14.9. The summed E-state index contributed by atoms with van der Waals surface area (Å²) in [5.74, 6) is 0.270. The van der Waals surface area contributed by atoms with Crippen LogP contribution in [0.15, 0.2) is 28.8 Å². The van der Waals surface area contributed by atoms with Crippen molar-refractivity contribution >= 4 is 11.6 Å². The number of para-hydroxylation sites is 1. The number of rotatable bonds is 1. The molecular weight excluding hydrogens is 244 g/mol. The van der Waals surface area contributed by atoms with E-state index < -0.39 is 0 Å². The number of anilines is 1. The van der Waals surface area contributed by atoms with Gasteiger partial charge in [-0.1, -0.05) is 23.4 Å². The first kappa shape index (κ1) is 11.9. The zero-order valence-corrected chi connectivity index (χ0v) is 10.6. The van der Waals surface area contributed by atoms with Gasteiger partial charge in [-0.25, -0.2) is 0 Å². The van der Waals surface area contributed by atoms with Gasteiger partial charge in [-0.2, -0.15) is 4.98 Å². The van der Waals surface area contributed by atoms with Crippen LogP contribution in [0.25, 0.3) is 0 Å². The Morgan fingerprint density at radius 1 is 1.42 bits per heavy atom. The zero-order valence-electron chi connectivity index (χ0n) is 10.6. The number of nitrogens with zero attached hydrogens (tertiary/aromatic N) is 3. The van der Waals surface area contributed by atoms with E-state index in [9.17, 15) is 4.79 Å². The van der Waals surface area contributed by atoms with E-state index in [1.807, 2.05) is 24.3 Å². The standard InChI is InChI=1S/C13H14N4O2/c1-9-15-12(16-19-9)13(18)17-7-6-14-8-10-4-2-3-5-11(10)17/h2-5,14H,6-8H2,1H3. The lowest BCUT2D eigenvalue weighted by atomic mass is 10.1. The molecule has 98 valence electrons. The highest BCUT2D eigenvalue weighted by Crippen LogP contribution is 2.23. The van der Waals surface area contributed by atoms with Crippen LogP contribution in [-0.2, 0) is 6.54 Å². The molecule has 1 aliphatic heterocycles. The smallest absolute Gasteiger partial charge is 0.299 e. The predicted octanol–water partition coefficient (Wildman–Crippen LogP) is 1.13. The molecule has 1 aromatic carbocycles. The van der Waals surface area contributed by atoms with E-state index in [4.69, 9.17) is 4.52 Å². The lowest BCUT2D eigenvalue weighted by Crippen LogP contribution is -2.35. The van der Waals surface area contributed by atoms with Crippen molar-refractivity contribution < 1.29 is 9.32 Å². The zero-order chi connectivity index (χ0) is 13.2. The molecule has 0 bridgehead atoms. The molecule has 0 saturated carbocycles. The van der Waals surface area contributed by atoms with Crippen molar-refractivity contribution in [2.45, 2.75) is 13.5 Å². The van der Waals surface area contributed by atoms with E-state index in [0.29, 0.717) is 12.4 Å². The molecule has 0 atom stereocenters. The van der Waals surface area contributed by atoms with Gasteiger partial charge >= 0.3 is 0 Å². The van der Waals surface area contributed by atoms with E-state index in [1.54, 1.807) is 11.8 Å². The summed E-state index contributed by atoms with van der Waals surface area (Å²) < 4.78 is 4.87. The number of carbonyl (C=O) groups excluding carboxylic acids is 1. The van der Waals surface area contributed by atoms with E-state index in [-0.39, 0.29) is 11.7 Å². The number of carbonyl (C=O) groups is 1. The average Bonchev–Trinajstić information content (AvgIpc) is 2.74. The largest absolute Gasteiger partial charge is 0.339 e. The molecule has 0 spiro atoms. The molecule has 0 fully saturated rings. The van der Waals surface area contributed by atoms with Gasteiger partial charge < -0.3 is 14.7 Å². The van der Waals surface area contributed by atoms with E-state index in [2.05, 4.69) is 15.5 Å². The minimum atomic E-state index is -0.229. The summed E-state index contributed by atoms with van der Waals surface area (Å²) in [7, 11) is 0. The van der Waals surface area contributed by atoms with Crippen LogP contribution in [0, 0.1) is 6.92 Å². The fourth-order valence-corrected chi connectivity index (χ4v) is 2.18. The molecule has 1 aliphatic rings. The van der Waals surface area contributed by atoms with Crippen LogP contribution in [0.1, 0.15) is 22.1 Å². The van der Waals surface area contributed by atoms with Gasteiger partial charge in [0.05, 0.1) is 0 Å². The average molecular weight is 258 g/mol. The summed E-state index contributed by atoms with van der Waals surface area (Å²) in [6.07, 6.45) is 0. The third-order valence-corrected chi connectivity index (χ3v) is 3.07. The summed E-state index contributed by atoms with van der Waals surface area (Å²) in [5.41, 5.74) is 1.99. The van der Waals surface area contributed by atoms with Crippen molar-refractivity contribution in [2.24, 2.45) is 0 Å². The predicted molar refractivity (Wildman–Crippen MR) is 68.9 cm³/mol. The third kappa shape index (κ3) is 2.22. The molecule has 0 saturated heterocycles. The van der Waals surface area contributed by atoms with Gasteiger partial charge in [0.15, 0.2) is 0 Å². The number of hydrogen-bond acceptors (Lipinski definition) is 5. The SMILES string of the molecule is Cc1nc(C(=O)N2CCNCc3ccccc32)no1. The van der Waals surface area contributed by atoms with Crippen molar-refractivity contribution in [3.05, 3.63) is 41.5 Å². The fourth-order valence-electron chi connectivity index (χ4n) is 2.18. The lowest BCUT2D eigenvalue weighted by molar-refractivity contribution is 0.0974. The molecule has 6 nitrogen and oxygen atoms in total. The minimum Gasteiger partial charge on any atom is -0.339 e. The molecule has 6 heteroatoms. The molecule has 1 N–H and O–H groups in total. The van der Waals surface area contributed by atoms with Crippen LogP contribution in [0.3, 0.4) is 0 Å². The molecule has 1 aromatic heterocycles. The van der Waals surface area contributed by atoms with Crippen molar-refractivity contribution in [1.82, 2.24) is 15.5 Å². The highest BCUT2D eigenvalue weighted by molar-refractivity contribution is 6.04.